The van der Waals surface area contributed by atoms with E-state index >= 15 is 0 Å². The Labute approximate surface area is 181 Å². The van der Waals surface area contributed by atoms with Gasteiger partial charge < -0.3 is 25.8 Å². The lowest BCUT2D eigenvalue weighted by Gasteiger charge is -2.41. The van der Waals surface area contributed by atoms with Crippen molar-refractivity contribution >= 4 is 40.1 Å². The number of nitrogens with zero attached hydrogens (tertiary/aromatic N) is 7. The first-order chi connectivity index (χ1) is 14.7. The zero-order valence-corrected chi connectivity index (χ0v) is 18.6. The minimum Gasteiger partial charge on any atom is -0.384 e. The normalized spacial score (nSPS) is 16.6. The summed E-state index contributed by atoms with van der Waals surface area (Å²) >= 11 is 0. The van der Waals surface area contributed by atoms with Crippen LogP contribution in [0.1, 0.15) is 12.6 Å². The summed E-state index contributed by atoms with van der Waals surface area (Å²) in [5, 5.41) is 8.29. The standard InChI is InChI=1S/C21H29N9O/c1-13-12-29(21(31)25-16-6-7-19(27(3)4)24-14(16)2)8-9-30(13)17-10-18(22)26-20-15(17)11-23-28(20)5/h6-7,10-11,13H,8-9,12H2,1-5H3,(H2,22,26)(H,25,31)/t13-/m0/s1. The number of carbonyl (C=O) groups is 1. The molecule has 4 rings (SSSR count). The Balaban J connectivity index is 1.48. The molecule has 2 amide bonds. The lowest BCUT2D eigenvalue weighted by Crippen LogP contribution is -2.54. The summed E-state index contributed by atoms with van der Waals surface area (Å²) in [6, 6.07) is 5.68. The van der Waals surface area contributed by atoms with Gasteiger partial charge in [0.15, 0.2) is 5.65 Å². The molecule has 10 heteroatoms. The fraction of sp³-hybridized carbons (Fsp3) is 0.429. The number of aryl methyl sites for hydroxylation is 2. The number of fused-ring (bicyclic) bond motifs is 1. The van der Waals surface area contributed by atoms with Crippen molar-refractivity contribution in [3.8, 4) is 0 Å². The van der Waals surface area contributed by atoms with Crippen molar-refractivity contribution in [2.45, 2.75) is 19.9 Å². The lowest BCUT2D eigenvalue weighted by molar-refractivity contribution is 0.200. The molecule has 10 nitrogen and oxygen atoms in total. The number of nitrogens with two attached hydrogens (primary N) is 1. The monoisotopic (exact) mass is 423 g/mol. The highest BCUT2D eigenvalue weighted by Crippen LogP contribution is 2.30. The van der Waals surface area contributed by atoms with Crippen molar-refractivity contribution in [1.29, 1.82) is 0 Å². The van der Waals surface area contributed by atoms with Gasteiger partial charge in [-0.05, 0) is 26.0 Å². The van der Waals surface area contributed by atoms with Gasteiger partial charge in [0.2, 0.25) is 0 Å². The molecule has 0 unspecified atom stereocenters. The summed E-state index contributed by atoms with van der Waals surface area (Å²) in [7, 11) is 5.74. The van der Waals surface area contributed by atoms with Crippen molar-refractivity contribution in [3.05, 3.63) is 30.1 Å². The van der Waals surface area contributed by atoms with Crippen LogP contribution < -0.4 is 20.9 Å². The molecule has 1 atom stereocenters. The summed E-state index contributed by atoms with van der Waals surface area (Å²) in [5.74, 6) is 1.32. The molecule has 0 aromatic carbocycles. The van der Waals surface area contributed by atoms with Crippen LogP contribution in [0.2, 0.25) is 0 Å². The number of hydrogen-bond acceptors (Lipinski definition) is 7. The maximum Gasteiger partial charge on any atom is 0.322 e. The van der Waals surface area contributed by atoms with Crippen LogP contribution in [-0.4, -0.2) is 70.5 Å². The number of anilines is 4. The molecule has 3 aromatic heterocycles. The molecule has 0 radical (unpaired) electrons. The second-order valence-electron chi connectivity index (χ2n) is 8.19. The summed E-state index contributed by atoms with van der Waals surface area (Å²) in [6.07, 6.45) is 1.82. The first-order valence-corrected chi connectivity index (χ1v) is 10.3. The zero-order chi connectivity index (χ0) is 22.3. The van der Waals surface area contributed by atoms with Crippen LogP contribution in [0.15, 0.2) is 24.4 Å². The lowest BCUT2D eigenvalue weighted by atomic mass is 10.1. The van der Waals surface area contributed by atoms with E-state index in [1.165, 1.54) is 0 Å². The van der Waals surface area contributed by atoms with Crippen LogP contribution in [0.25, 0.3) is 11.0 Å². The Morgan fingerprint density at radius 1 is 1.26 bits per heavy atom. The molecule has 4 heterocycles. The van der Waals surface area contributed by atoms with Gasteiger partial charge in [-0.2, -0.15) is 5.10 Å². The minimum atomic E-state index is -0.116. The molecule has 1 saturated heterocycles. The van der Waals surface area contributed by atoms with E-state index in [0.29, 0.717) is 25.5 Å². The summed E-state index contributed by atoms with van der Waals surface area (Å²) in [5.41, 5.74) is 9.32. The van der Waals surface area contributed by atoms with Crippen LogP contribution >= 0.6 is 0 Å². The van der Waals surface area contributed by atoms with Crippen LogP contribution in [-0.2, 0) is 7.05 Å². The summed E-state index contributed by atoms with van der Waals surface area (Å²) in [6.45, 7) is 5.90. The Morgan fingerprint density at radius 3 is 2.71 bits per heavy atom. The highest BCUT2D eigenvalue weighted by atomic mass is 16.2. The molecular weight excluding hydrogens is 394 g/mol. The summed E-state index contributed by atoms with van der Waals surface area (Å²) < 4.78 is 1.72. The molecule has 0 spiro atoms. The van der Waals surface area contributed by atoms with Crippen LogP contribution in [0.3, 0.4) is 0 Å². The van der Waals surface area contributed by atoms with Gasteiger partial charge in [-0.1, -0.05) is 0 Å². The third-order valence-corrected chi connectivity index (χ3v) is 5.70. The van der Waals surface area contributed by atoms with Gasteiger partial charge in [0.05, 0.1) is 28.7 Å². The van der Waals surface area contributed by atoms with Crippen LogP contribution in [0, 0.1) is 6.92 Å². The van der Waals surface area contributed by atoms with Crippen molar-refractivity contribution in [2.75, 3.05) is 54.6 Å². The molecule has 1 fully saturated rings. The zero-order valence-electron chi connectivity index (χ0n) is 18.6. The van der Waals surface area contributed by atoms with E-state index in [1.54, 1.807) is 4.68 Å². The quantitative estimate of drug-likeness (QED) is 0.664. The van der Waals surface area contributed by atoms with Crippen LogP contribution in [0.4, 0.5) is 27.8 Å². The number of rotatable bonds is 3. The molecule has 3 N–H and O–H groups in total. The predicted octanol–water partition coefficient (Wildman–Crippen LogP) is 2.06. The minimum absolute atomic E-state index is 0.111. The van der Waals surface area contributed by atoms with Gasteiger partial charge in [-0.3, -0.25) is 4.68 Å². The van der Waals surface area contributed by atoms with Crippen LogP contribution in [0.5, 0.6) is 0 Å². The Morgan fingerprint density at radius 2 is 2.03 bits per heavy atom. The summed E-state index contributed by atoms with van der Waals surface area (Å²) in [4.78, 5) is 27.9. The average Bonchev–Trinajstić information content (AvgIpc) is 3.09. The van der Waals surface area contributed by atoms with E-state index in [2.05, 4.69) is 32.2 Å². The Bertz CT molecular complexity index is 1120. The number of amides is 2. The number of carbonyl (C=O) groups excluding carboxylic acids is 1. The SMILES string of the molecule is Cc1nc(N(C)C)ccc1NC(=O)N1CCN(c2cc(N)nc3c2cnn3C)[C@@H](C)C1. The van der Waals surface area contributed by atoms with Gasteiger partial charge >= 0.3 is 6.03 Å². The molecule has 0 saturated carbocycles. The molecule has 0 bridgehead atoms. The number of aromatic nitrogens is 4. The molecule has 0 aliphatic carbocycles. The number of nitrogens with one attached hydrogen (secondary N) is 1. The van der Waals surface area contributed by atoms with Crippen molar-refractivity contribution in [1.82, 2.24) is 24.6 Å². The molecular formula is C21H29N9O. The Hall–Kier alpha value is -3.56. The Kier molecular flexibility index (Phi) is 5.30. The maximum absolute atomic E-state index is 12.9. The number of nitrogen functional groups attached to an aromatic ring is 1. The smallest absolute Gasteiger partial charge is 0.322 e. The van der Waals surface area contributed by atoms with E-state index < -0.39 is 0 Å². The van der Waals surface area contributed by atoms with E-state index in [0.717, 1.165) is 33.9 Å². The number of piperazine rings is 1. The first-order valence-electron chi connectivity index (χ1n) is 10.3. The fourth-order valence-corrected chi connectivity index (χ4v) is 3.98. The van der Waals surface area contributed by atoms with E-state index in [1.807, 2.05) is 62.3 Å². The highest BCUT2D eigenvalue weighted by molar-refractivity contribution is 5.92. The van der Waals surface area contributed by atoms with E-state index in [-0.39, 0.29) is 12.1 Å². The number of urea groups is 1. The number of pyridine rings is 2. The first kappa shape index (κ1) is 20.7. The maximum atomic E-state index is 12.9. The molecule has 1 aliphatic heterocycles. The molecule has 31 heavy (non-hydrogen) atoms. The van der Waals surface area contributed by atoms with Gasteiger partial charge in [-0.25, -0.2) is 14.8 Å². The average molecular weight is 424 g/mol. The topological polar surface area (TPSA) is 108 Å². The van der Waals surface area contributed by atoms with Crippen molar-refractivity contribution in [2.24, 2.45) is 7.05 Å². The second-order valence-corrected chi connectivity index (χ2v) is 8.19. The highest BCUT2D eigenvalue weighted by Gasteiger charge is 2.29. The van der Waals surface area contributed by atoms with Gasteiger partial charge in [0, 0.05) is 52.9 Å². The van der Waals surface area contributed by atoms with Gasteiger partial charge in [0.1, 0.15) is 11.6 Å². The third-order valence-electron chi connectivity index (χ3n) is 5.70. The van der Waals surface area contributed by atoms with Crippen molar-refractivity contribution < 1.29 is 4.79 Å². The largest absolute Gasteiger partial charge is 0.384 e. The fourth-order valence-electron chi connectivity index (χ4n) is 3.98. The van der Waals surface area contributed by atoms with E-state index in [9.17, 15) is 4.79 Å². The number of hydrogen-bond donors (Lipinski definition) is 2. The van der Waals surface area contributed by atoms with Gasteiger partial charge in [0.25, 0.3) is 0 Å². The van der Waals surface area contributed by atoms with Crippen molar-refractivity contribution in [3.63, 3.8) is 0 Å². The molecule has 3 aromatic rings. The molecule has 1 aliphatic rings. The molecule has 164 valence electrons. The van der Waals surface area contributed by atoms with Gasteiger partial charge in [-0.15, -0.1) is 0 Å². The van der Waals surface area contributed by atoms with E-state index in [4.69, 9.17) is 5.73 Å². The third kappa shape index (κ3) is 3.92. The predicted molar refractivity (Wildman–Crippen MR) is 124 cm³/mol. The second kappa shape index (κ2) is 7.93.